The van der Waals surface area contributed by atoms with E-state index in [0.717, 1.165) is 16.2 Å². The summed E-state index contributed by atoms with van der Waals surface area (Å²) >= 11 is 0. The number of hydrogen-bond acceptors (Lipinski definition) is 3. The van der Waals surface area contributed by atoms with E-state index in [4.69, 9.17) is 4.74 Å². The average Bonchev–Trinajstić information content (AvgIpc) is 2.68. The van der Waals surface area contributed by atoms with Crippen molar-refractivity contribution in [1.82, 2.24) is 4.98 Å². The second-order valence-corrected chi connectivity index (χ2v) is 6.05. The molecule has 5 rings (SSSR count). The number of benzene rings is 4. The molecule has 3 nitrogen and oxygen atoms in total. The normalized spacial score (nSPS) is 11.4. The van der Waals surface area contributed by atoms with Crippen molar-refractivity contribution in [3.8, 4) is 5.75 Å². The Hall–Kier alpha value is -3.46. The summed E-state index contributed by atoms with van der Waals surface area (Å²) in [5.74, 6) is 0.169. The average molecular weight is 323 g/mol. The summed E-state index contributed by atoms with van der Waals surface area (Å²) in [6, 6.07) is 21.9. The predicted octanol–water partition coefficient (Wildman–Crippen LogP) is 5.20. The van der Waals surface area contributed by atoms with Gasteiger partial charge in [0, 0.05) is 23.2 Å². The summed E-state index contributed by atoms with van der Waals surface area (Å²) in [4.78, 5) is 16.4. The molecular weight excluding hydrogens is 310 g/mol. The molecule has 0 N–H and O–H groups in total. The van der Waals surface area contributed by atoms with E-state index in [9.17, 15) is 4.79 Å². The molecule has 0 spiro atoms. The Labute approximate surface area is 143 Å². The van der Waals surface area contributed by atoms with Gasteiger partial charge in [0.25, 0.3) is 0 Å². The van der Waals surface area contributed by atoms with Crippen molar-refractivity contribution in [3.05, 3.63) is 84.7 Å². The molecule has 3 heteroatoms. The number of esters is 1. The summed E-state index contributed by atoms with van der Waals surface area (Å²) < 4.78 is 5.68. The van der Waals surface area contributed by atoms with Crippen LogP contribution in [-0.2, 0) is 0 Å². The molecule has 0 bridgehead atoms. The molecule has 0 saturated carbocycles. The topological polar surface area (TPSA) is 39.2 Å². The standard InChI is InChI=1S/C22H13NO2/c24-22(17-5-2-12-23-13-17)25-19-11-9-16-7-6-14-3-1-4-15-8-10-18(19)21(16)20(14)15/h1-13H. The van der Waals surface area contributed by atoms with E-state index in [-0.39, 0.29) is 0 Å². The van der Waals surface area contributed by atoms with Gasteiger partial charge in [-0.25, -0.2) is 4.79 Å². The molecule has 118 valence electrons. The van der Waals surface area contributed by atoms with Gasteiger partial charge in [0.1, 0.15) is 5.75 Å². The lowest BCUT2D eigenvalue weighted by Gasteiger charge is -2.13. The molecular formula is C22H13NO2. The molecule has 0 amide bonds. The van der Waals surface area contributed by atoms with Crippen LogP contribution in [0.3, 0.4) is 0 Å². The SMILES string of the molecule is O=C(Oc1ccc2ccc3cccc4ccc1c2c34)c1cccnc1. The highest BCUT2D eigenvalue weighted by Crippen LogP contribution is 2.38. The van der Waals surface area contributed by atoms with E-state index in [0.29, 0.717) is 11.3 Å². The van der Waals surface area contributed by atoms with E-state index in [2.05, 4.69) is 41.4 Å². The Morgan fingerprint density at radius 1 is 0.760 bits per heavy atom. The largest absolute Gasteiger partial charge is 0.422 e. The molecule has 1 heterocycles. The van der Waals surface area contributed by atoms with E-state index >= 15 is 0 Å². The minimum Gasteiger partial charge on any atom is -0.422 e. The Bertz CT molecular complexity index is 1210. The van der Waals surface area contributed by atoms with Gasteiger partial charge in [-0.05, 0) is 45.8 Å². The van der Waals surface area contributed by atoms with Crippen LogP contribution in [0.5, 0.6) is 5.75 Å². The van der Waals surface area contributed by atoms with Crippen LogP contribution in [0.2, 0.25) is 0 Å². The Kier molecular flexibility index (Phi) is 2.94. The van der Waals surface area contributed by atoms with Gasteiger partial charge >= 0.3 is 5.97 Å². The van der Waals surface area contributed by atoms with Crippen LogP contribution in [0.4, 0.5) is 0 Å². The minimum atomic E-state index is -0.400. The molecule has 5 aromatic rings. The van der Waals surface area contributed by atoms with Crippen molar-refractivity contribution >= 4 is 38.3 Å². The van der Waals surface area contributed by atoms with Crippen molar-refractivity contribution in [2.75, 3.05) is 0 Å². The second-order valence-electron chi connectivity index (χ2n) is 6.05. The zero-order valence-corrected chi connectivity index (χ0v) is 13.3. The number of pyridine rings is 1. The molecule has 0 fully saturated rings. The molecule has 0 radical (unpaired) electrons. The first-order chi connectivity index (χ1) is 12.3. The van der Waals surface area contributed by atoms with Gasteiger partial charge in [0.15, 0.2) is 0 Å². The molecule has 0 aliphatic carbocycles. The highest BCUT2D eigenvalue weighted by atomic mass is 16.5. The van der Waals surface area contributed by atoms with Gasteiger partial charge in [-0.1, -0.05) is 42.5 Å². The second kappa shape index (κ2) is 5.28. The Morgan fingerprint density at radius 3 is 2.24 bits per heavy atom. The number of rotatable bonds is 2. The number of nitrogens with zero attached hydrogens (tertiary/aromatic N) is 1. The highest BCUT2D eigenvalue weighted by molar-refractivity contribution is 6.24. The minimum absolute atomic E-state index is 0.400. The molecule has 0 atom stereocenters. The maximum atomic E-state index is 12.4. The first kappa shape index (κ1) is 13.9. The molecule has 0 unspecified atom stereocenters. The molecule has 4 aromatic carbocycles. The Balaban J connectivity index is 1.73. The van der Waals surface area contributed by atoms with E-state index in [1.807, 2.05) is 18.2 Å². The highest BCUT2D eigenvalue weighted by Gasteiger charge is 2.14. The number of ether oxygens (including phenoxy) is 1. The van der Waals surface area contributed by atoms with Gasteiger partial charge in [-0.15, -0.1) is 0 Å². The van der Waals surface area contributed by atoms with Crippen LogP contribution in [0.15, 0.2) is 79.1 Å². The monoisotopic (exact) mass is 323 g/mol. The fourth-order valence-corrected chi connectivity index (χ4v) is 3.44. The summed E-state index contributed by atoms with van der Waals surface area (Å²) in [7, 11) is 0. The fourth-order valence-electron chi connectivity index (χ4n) is 3.44. The van der Waals surface area contributed by atoms with Gasteiger partial charge in [0.2, 0.25) is 0 Å². The first-order valence-corrected chi connectivity index (χ1v) is 8.10. The molecule has 1 aromatic heterocycles. The van der Waals surface area contributed by atoms with Crippen LogP contribution < -0.4 is 4.74 Å². The summed E-state index contributed by atoms with van der Waals surface area (Å²) in [5.41, 5.74) is 0.438. The van der Waals surface area contributed by atoms with Crippen molar-refractivity contribution < 1.29 is 9.53 Å². The van der Waals surface area contributed by atoms with Crippen molar-refractivity contribution in [2.45, 2.75) is 0 Å². The van der Waals surface area contributed by atoms with Crippen molar-refractivity contribution in [3.63, 3.8) is 0 Å². The van der Waals surface area contributed by atoms with E-state index in [1.54, 1.807) is 18.3 Å². The van der Waals surface area contributed by atoms with Crippen LogP contribution in [-0.4, -0.2) is 11.0 Å². The predicted molar refractivity (Wildman–Crippen MR) is 99.3 cm³/mol. The summed E-state index contributed by atoms with van der Waals surface area (Å²) in [6.07, 6.45) is 3.14. The fraction of sp³-hybridized carbons (Fsp3) is 0. The van der Waals surface area contributed by atoms with Crippen LogP contribution >= 0.6 is 0 Å². The number of aromatic nitrogens is 1. The van der Waals surface area contributed by atoms with Crippen LogP contribution in [0.25, 0.3) is 32.3 Å². The molecule has 25 heavy (non-hydrogen) atoms. The van der Waals surface area contributed by atoms with Gasteiger partial charge in [-0.2, -0.15) is 0 Å². The zero-order chi connectivity index (χ0) is 16.8. The van der Waals surface area contributed by atoms with Gasteiger partial charge in [-0.3, -0.25) is 4.98 Å². The first-order valence-electron chi connectivity index (χ1n) is 8.10. The van der Waals surface area contributed by atoms with E-state index < -0.39 is 5.97 Å². The Morgan fingerprint density at radius 2 is 1.48 bits per heavy atom. The maximum Gasteiger partial charge on any atom is 0.345 e. The third kappa shape index (κ3) is 2.13. The van der Waals surface area contributed by atoms with Crippen molar-refractivity contribution in [1.29, 1.82) is 0 Å². The number of carbonyl (C=O) groups is 1. The lowest BCUT2D eigenvalue weighted by molar-refractivity contribution is 0.0736. The van der Waals surface area contributed by atoms with Gasteiger partial charge in [0.05, 0.1) is 5.56 Å². The van der Waals surface area contributed by atoms with Crippen molar-refractivity contribution in [2.24, 2.45) is 0 Å². The summed E-state index contributed by atoms with van der Waals surface area (Å²) in [6.45, 7) is 0. The smallest absolute Gasteiger partial charge is 0.345 e. The number of carbonyl (C=O) groups excluding carboxylic acids is 1. The van der Waals surface area contributed by atoms with Gasteiger partial charge < -0.3 is 4.74 Å². The van der Waals surface area contributed by atoms with Crippen LogP contribution in [0.1, 0.15) is 10.4 Å². The third-order valence-corrected chi connectivity index (χ3v) is 4.59. The molecule has 0 aliphatic heterocycles. The maximum absolute atomic E-state index is 12.4. The summed E-state index contributed by atoms with van der Waals surface area (Å²) in [5, 5.41) is 6.79. The lowest BCUT2D eigenvalue weighted by Crippen LogP contribution is -2.09. The quantitative estimate of drug-likeness (QED) is 0.255. The van der Waals surface area contributed by atoms with Crippen LogP contribution in [0, 0.1) is 0 Å². The lowest BCUT2D eigenvalue weighted by atomic mass is 9.94. The molecule has 0 aliphatic rings. The molecule has 0 saturated heterocycles. The third-order valence-electron chi connectivity index (χ3n) is 4.59. The zero-order valence-electron chi connectivity index (χ0n) is 13.3. The van der Waals surface area contributed by atoms with E-state index in [1.165, 1.54) is 22.4 Å². The number of hydrogen-bond donors (Lipinski definition) is 0.